The van der Waals surface area contributed by atoms with Gasteiger partial charge in [0.05, 0.1) is 6.10 Å². The van der Waals surface area contributed by atoms with Crippen molar-refractivity contribution < 1.29 is 14.6 Å². The van der Waals surface area contributed by atoms with E-state index in [0.717, 1.165) is 6.54 Å². The average Bonchev–Trinajstić information content (AvgIpc) is 1.88. The molecule has 0 unspecified atom stereocenters. The van der Waals surface area contributed by atoms with Crippen LogP contribution in [0.15, 0.2) is 0 Å². The molecule has 0 spiro atoms. The van der Waals surface area contributed by atoms with Gasteiger partial charge < -0.3 is 15.2 Å². The smallest absolute Gasteiger partial charge is 0.334 e. The number of carboxylic acid groups (broad SMARTS) is 1. The Morgan fingerprint density at radius 2 is 2.27 bits per heavy atom. The molecule has 1 heterocycles. The number of hydrogen-bond acceptors (Lipinski definition) is 3. The second-order valence-electron chi connectivity index (χ2n) is 2.43. The van der Waals surface area contributed by atoms with E-state index in [-0.39, 0.29) is 18.5 Å². The molecule has 0 radical (unpaired) electrons. The fourth-order valence-electron chi connectivity index (χ4n) is 0.940. The van der Waals surface area contributed by atoms with Crippen molar-refractivity contribution in [3.63, 3.8) is 0 Å². The van der Waals surface area contributed by atoms with Gasteiger partial charge in [0, 0.05) is 13.1 Å². The Hall–Kier alpha value is -0.320. The van der Waals surface area contributed by atoms with Crippen molar-refractivity contribution >= 4 is 18.4 Å². The first-order valence-corrected chi connectivity index (χ1v) is 3.29. The van der Waals surface area contributed by atoms with Gasteiger partial charge in [-0.1, -0.05) is 0 Å². The number of carbonyl (C=O) groups is 1. The van der Waals surface area contributed by atoms with Crippen molar-refractivity contribution in [3.8, 4) is 0 Å². The fraction of sp³-hybridized carbons (Fsp3) is 0.833. The van der Waals surface area contributed by atoms with E-state index >= 15 is 0 Å². The van der Waals surface area contributed by atoms with Crippen LogP contribution in [0.5, 0.6) is 0 Å². The van der Waals surface area contributed by atoms with E-state index in [1.165, 1.54) is 0 Å². The number of morpholine rings is 1. The molecule has 0 saturated carbocycles. The molecule has 5 heteroatoms. The van der Waals surface area contributed by atoms with Gasteiger partial charge in [0.15, 0.2) is 6.10 Å². The molecule has 1 aliphatic heterocycles. The van der Waals surface area contributed by atoms with E-state index < -0.39 is 12.1 Å². The van der Waals surface area contributed by atoms with Crippen LogP contribution >= 0.6 is 12.4 Å². The van der Waals surface area contributed by atoms with Crippen molar-refractivity contribution in [1.29, 1.82) is 0 Å². The Labute approximate surface area is 71.3 Å². The SMILES string of the molecule is C[C@H]1CNC[C@H](C(=O)O)O1.Cl. The molecule has 2 N–H and O–H groups in total. The second-order valence-corrected chi connectivity index (χ2v) is 2.43. The van der Waals surface area contributed by atoms with Crippen LogP contribution in [0, 0.1) is 0 Å². The third kappa shape index (κ3) is 3.05. The monoisotopic (exact) mass is 181 g/mol. The number of nitrogens with one attached hydrogen (secondary N) is 1. The highest BCUT2D eigenvalue weighted by atomic mass is 35.5. The van der Waals surface area contributed by atoms with Crippen molar-refractivity contribution in [2.24, 2.45) is 0 Å². The van der Waals surface area contributed by atoms with Crippen LogP contribution in [0.25, 0.3) is 0 Å². The van der Waals surface area contributed by atoms with Gasteiger partial charge in [0.1, 0.15) is 0 Å². The minimum absolute atomic E-state index is 0. The molecule has 0 aliphatic carbocycles. The molecule has 0 bridgehead atoms. The van der Waals surface area contributed by atoms with Crippen LogP contribution in [-0.2, 0) is 9.53 Å². The van der Waals surface area contributed by atoms with Crippen LogP contribution in [-0.4, -0.2) is 36.4 Å². The highest BCUT2D eigenvalue weighted by Gasteiger charge is 2.24. The molecule has 0 amide bonds. The Kier molecular flexibility index (Phi) is 4.40. The largest absolute Gasteiger partial charge is 0.479 e. The maximum absolute atomic E-state index is 10.3. The summed E-state index contributed by atoms with van der Waals surface area (Å²) < 4.78 is 5.09. The van der Waals surface area contributed by atoms with Crippen molar-refractivity contribution in [2.75, 3.05) is 13.1 Å². The molecular weight excluding hydrogens is 170 g/mol. The minimum atomic E-state index is -0.890. The summed E-state index contributed by atoms with van der Waals surface area (Å²) in [7, 11) is 0. The first kappa shape index (κ1) is 10.7. The van der Waals surface area contributed by atoms with E-state index in [2.05, 4.69) is 5.32 Å². The molecule has 2 atom stereocenters. The molecule has 1 rings (SSSR count). The predicted molar refractivity (Wildman–Crippen MR) is 42.1 cm³/mol. The summed E-state index contributed by atoms with van der Waals surface area (Å²) >= 11 is 0. The maximum atomic E-state index is 10.3. The molecule has 1 aliphatic rings. The Morgan fingerprint density at radius 1 is 1.64 bits per heavy atom. The first-order valence-electron chi connectivity index (χ1n) is 3.29. The molecular formula is C6H12ClNO3. The Morgan fingerprint density at radius 3 is 2.64 bits per heavy atom. The highest BCUT2D eigenvalue weighted by Crippen LogP contribution is 2.02. The summed E-state index contributed by atoms with van der Waals surface area (Å²) in [5, 5.41) is 11.5. The van der Waals surface area contributed by atoms with Crippen molar-refractivity contribution in [1.82, 2.24) is 5.32 Å². The van der Waals surface area contributed by atoms with Gasteiger partial charge in [-0.3, -0.25) is 0 Å². The zero-order chi connectivity index (χ0) is 7.56. The van der Waals surface area contributed by atoms with E-state index in [1.54, 1.807) is 0 Å². The number of rotatable bonds is 1. The number of aliphatic carboxylic acids is 1. The van der Waals surface area contributed by atoms with Crippen LogP contribution < -0.4 is 5.32 Å². The summed E-state index contributed by atoms with van der Waals surface area (Å²) in [5.41, 5.74) is 0. The van der Waals surface area contributed by atoms with Gasteiger partial charge in [0.25, 0.3) is 0 Å². The summed E-state index contributed by atoms with van der Waals surface area (Å²) in [6.45, 7) is 3.01. The predicted octanol–water partition coefficient (Wildman–Crippen LogP) is -0.130. The molecule has 11 heavy (non-hydrogen) atoms. The third-order valence-electron chi connectivity index (χ3n) is 1.43. The number of hydrogen-bond donors (Lipinski definition) is 2. The lowest BCUT2D eigenvalue weighted by Crippen LogP contribution is -2.46. The average molecular weight is 182 g/mol. The second kappa shape index (κ2) is 4.54. The van der Waals surface area contributed by atoms with E-state index in [0.29, 0.717) is 6.54 Å². The number of ether oxygens (including phenoxy) is 1. The van der Waals surface area contributed by atoms with E-state index in [1.807, 2.05) is 6.92 Å². The van der Waals surface area contributed by atoms with E-state index in [4.69, 9.17) is 9.84 Å². The van der Waals surface area contributed by atoms with Crippen molar-refractivity contribution in [3.05, 3.63) is 0 Å². The summed E-state index contributed by atoms with van der Waals surface area (Å²) in [4.78, 5) is 10.3. The van der Waals surface area contributed by atoms with Gasteiger partial charge in [-0.2, -0.15) is 0 Å². The molecule has 0 aromatic rings. The topological polar surface area (TPSA) is 58.6 Å². The van der Waals surface area contributed by atoms with Gasteiger partial charge in [-0.15, -0.1) is 12.4 Å². The molecule has 0 aromatic heterocycles. The Bertz CT molecular complexity index is 142. The molecule has 4 nitrogen and oxygen atoms in total. The summed E-state index contributed by atoms with van der Waals surface area (Å²) in [6.07, 6.45) is -0.654. The van der Waals surface area contributed by atoms with Crippen LogP contribution in [0.2, 0.25) is 0 Å². The van der Waals surface area contributed by atoms with Gasteiger partial charge in [-0.05, 0) is 6.92 Å². The lowest BCUT2D eigenvalue weighted by Gasteiger charge is -2.25. The molecule has 1 saturated heterocycles. The van der Waals surface area contributed by atoms with Crippen LogP contribution in [0.4, 0.5) is 0 Å². The first-order chi connectivity index (χ1) is 4.70. The highest BCUT2D eigenvalue weighted by molar-refractivity contribution is 5.85. The van der Waals surface area contributed by atoms with Crippen molar-refractivity contribution in [2.45, 2.75) is 19.1 Å². The lowest BCUT2D eigenvalue weighted by molar-refractivity contribution is -0.156. The standard InChI is InChI=1S/C6H11NO3.ClH/c1-4-2-7-3-5(10-4)6(8)9;/h4-5,7H,2-3H2,1H3,(H,8,9);1H/t4-,5+;/m0./s1. The zero-order valence-electron chi connectivity index (χ0n) is 6.24. The molecule has 0 aromatic carbocycles. The van der Waals surface area contributed by atoms with Crippen LogP contribution in [0.1, 0.15) is 6.92 Å². The zero-order valence-corrected chi connectivity index (χ0v) is 7.06. The maximum Gasteiger partial charge on any atom is 0.334 e. The number of halogens is 1. The quantitative estimate of drug-likeness (QED) is 0.592. The number of carboxylic acids is 1. The molecule has 66 valence electrons. The Balaban J connectivity index is 0.000001000. The van der Waals surface area contributed by atoms with Gasteiger partial charge in [-0.25, -0.2) is 4.79 Å². The van der Waals surface area contributed by atoms with Gasteiger partial charge in [0.2, 0.25) is 0 Å². The summed E-state index contributed by atoms with van der Waals surface area (Å²) in [6, 6.07) is 0. The fourth-order valence-corrected chi connectivity index (χ4v) is 0.940. The molecule has 1 fully saturated rings. The summed E-state index contributed by atoms with van der Waals surface area (Å²) in [5.74, 6) is -0.890. The van der Waals surface area contributed by atoms with Crippen LogP contribution in [0.3, 0.4) is 0 Å². The lowest BCUT2D eigenvalue weighted by atomic mass is 10.2. The normalized spacial score (nSPS) is 30.6. The van der Waals surface area contributed by atoms with E-state index in [9.17, 15) is 4.79 Å². The third-order valence-corrected chi connectivity index (χ3v) is 1.43. The minimum Gasteiger partial charge on any atom is -0.479 e. The van der Waals surface area contributed by atoms with Gasteiger partial charge >= 0.3 is 5.97 Å².